The van der Waals surface area contributed by atoms with Crippen LogP contribution in [0.4, 0.5) is 0 Å². The van der Waals surface area contributed by atoms with Gasteiger partial charge in [-0.25, -0.2) is 4.79 Å². The normalized spacial score (nSPS) is 12.2. The molecule has 0 saturated carbocycles. The summed E-state index contributed by atoms with van der Waals surface area (Å²) in [5.41, 5.74) is 1.78. The number of carbonyl (C=O) groups is 2. The highest BCUT2D eigenvalue weighted by molar-refractivity contribution is 6.02. The van der Waals surface area contributed by atoms with Gasteiger partial charge in [0.1, 0.15) is 17.1 Å². The minimum absolute atomic E-state index is 0.0000753. The topological polar surface area (TPSA) is 61.8 Å². The Morgan fingerprint density at radius 3 is 1.85 bits per heavy atom. The van der Waals surface area contributed by atoms with Gasteiger partial charge in [0.05, 0.1) is 14.2 Å². The standard InChI is InChI=1S/C22H26O5/c1-14(20(23)15-10-12-16(13-11-15)22(2,3)4)27-21(24)19-17(25-5)8-7-9-18(19)26-6/h7-14H,1-6H3/t14-/m0/s1. The molecular formula is C22H26O5. The molecule has 0 aliphatic carbocycles. The van der Waals surface area contributed by atoms with Crippen LogP contribution in [-0.2, 0) is 10.2 Å². The number of esters is 1. The predicted octanol–water partition coefficient (Wildman–Crippen LogP) is 4.43. The van der Waals surface area contributed by atoms with E-state index in [1.165, 1.54) is 14.2 Å². The lowest BCUT2D eigenvalue weighted by molar-refractivity contribution is 0.0313. The zero-order chi connectivity index (χ0) is 20.2. The molecule has 0 radical (unpaired) electrons. The Bertz CT molecular complexity index is 793. The zero-order valence-electron chi connectivity index (χ0n) is 16.7. The fraction of sp³-hybridized carbons (Fsp3) is 0.364. The molecule has 0 heterocycles. The fourth-order valence-electron chi connectivity index (χ4n) is 2.69. The lowest BCUT2D eigenvalue weighted by atomic mass is 9.86. The molecule has 0 fully saturated rings. The molecule has 144 valence electrons. The number of ketones is 1. The Balaban J connectivity index is 2.18. The number of methoxy groups -OCH3 is 2. The third kappa shape index (κ3) is 4.67. The van der Waals surface area contributed by atoms with Gasteiger partial charge in [-0.3, -0.25) is 4.79 Å². The summed E-state index contributed by atoms with van der Waals surface area (Å²) in [6.07, 6.45) is -0.937. The van der Waals surface area contributed by atoms with Gasteiger partial charge in [0.25, 0.3) is 0 Å². The summed E-state index contributed by atoms with van der Waals surface area (Å²) in [5, 5.41) is 0. The van der Waals surface area contributed by atoms with Crippen molar-refractivity contribution < 1.29 is 23.8 Å². The van der Waals surface area contributed by atoms with Crippen LogP contribution in [0, 0.1) is 0 Å². The van der Waals surface area contributed by atoms with Gasteiger partial charge >= 0.3 is 5.97 Å². The number of benzene rings is 2. The molecule has 27 heavy (non-hydrogen) atoms. The van der Waals surface area contributed by atoms with E-state index in [1.807, 2.05) is 12.1 Å². The first-order valence-corrected chi connectivity index (χ1v) is 8.75. The molecule has 5 nitrogen and oxygen atoms in total. The minimum atomic E-state index is -0.937. The highest BCUT2D eigenvalue weighted by Gasteiger charge is 2.25. The van der Waals surface area contributed by atoms with Gasteiger partial charge in [-0.2, -0.15) is 0 Å². The van der Waals surface area contributed by atoms with Crippen molar-refractivity contribution in [1.29, 1.82) is 0 Å². The summed E-state index contributed by atoms with van der Waals surface area (Å²) in [5.74, 6) is -0.281. The first kappa shape index (κ1) is 20.5. The first-order valence-electron chi connectivity index (χ1n) is 8.75. The average molecular weight is 370 g/mol. The Morgan fingerprint density at radius 1 is 0.889 bits per heavy atom. The van der Waals surface area contributed by atoms with Crippen LogP contribution in [0.5, 0.6) is 11.5 Å². The summed E-state index contributed by atoms with van der Waals surface area (Å²) in [6, 6.07) is 12.3. The lowest BCUT2D eigenvalue weighted by Crippen LogP contribution is -2.25. The van der Waals surface area contributed by atoms with Gasteiger partial charge in [0, 0.05) is 5.56 Å². The van der Waals surface area contributed by atoms with Crippen molar-refractivity contribution in [3.63, 3.8) is 0 Å². The van der Waals surface area contributed by atoms with Crippen LogP contribution in [0.1, 0.15) is 54.0 Å². The Labute approximate surface area is 160 Å². The molecule has 0 saturated heterocycles. The van der Waals surface area contributed by atoms with E-state index in [0.717, 1.165) is 5.56 Å². The highest BCUT2D eigenvalue weighted by atomic mass is 16.6. The number of hydrogen-bond donors (Lipinski definition) is 0. The summed E-state index contributed by atoms with van der Waals surface area (Å²) in [7, 11) is 2.91. The maximum atomic E-state index is 12.6. The monoisotopic (exact) mass is 370 g/mol. The minimum Gasteiger partial charge on any atom is -0.496 e. The summed E-state index contributed by atoms with van der Waals surface area (Å²) < 4.78 is 15.8. The molecule has 2 aromatic carbocycles. The van der Waals surface area contributed by atoms with Crippen LogP contribution in [0.3, 0.4) is 0 Å². The van der Waals surface area contributed by atoms with E-state index < -0.39 is 12.1 Å². The number of carbonyl (C=O) groups excluding carboxylic acids is 2. The van der Waals surface area contributed by atoms with Crippen molar-refractivity contribution in [2.75, 3.05) is 14.2 Å². The molecule has 0 aliphatic heterocycles. The second-order valence-corrected chi connectivity index (χ2v) is 7.28. The van der Waals surface area contributed by atoms with E-state index in [9.17, 15) is 9.59 Å². The molecule has 0 N–H and O–H groups in total. The van der Waals surface area contributed by atoms with Gasteiger partial charge in [-0.15, -0.1) is 0 Å². The summed E-state index contributed by atoms with van der Waals surface area (Å²) in [4.78, 5) is 25.2. The third-order valence-corrected chi connectivity index (χ3v) is 4.32. The van der Waals surface area contributed by atoms with Gasteiger partial charge in [0.2, 0.25) is 5.78 Å². The average Bonchev–Trinajstić information content (AvgIpc) is 2.65. The number of ether oxygens (including phenoxy) is 3. The van der Waals surface area contributed by atoms with Crippen LogP contribution in [-0.4, -0.2) is 32.1 Å². The predicted molar refractivity (Wildman–Crippen MR) is 104 cm³/mol. The number of hydrogen-bond acceptors (Lipinski definition) is 5. The highest BCUT2D eigenvalue weighted by Crippen LogP contribution is 2.29. The molecule has 0 bridgehead atoms. The Kier molecular flexibility index (Phi) is 6.26. The molecule has 2 aromatic rings. The van der Waals surface area contributed by atoms with Crippen LogP contribution in [0.25, 0.3) is 0 Å². The van der Waals surface area contributed by atoms with Crippen LogP contribution in [0.2, 0.25) is 0 Å². The molecule has 0 amide bonds. The molecule has 0 aromatic heterocycles. The Hall–Kier alpha value is -2.82. The van der Waals surface area contributed by atoms with Gasteiger partial charge in [-0.1, -0.05) is 51.1 Å². The molecule has 1 atom stereocenters. The molecule has 2 rings (SSSR count). The van der Waals surface area contributed by atoms with Crippen LogP contribution in [0.15, 0.2) is 42.5 Å². The van der Waals surface area contributed by atoms with E-state index in [-0.39, 0.29) is 16.8 Å². The quantitative estimate of drug-likeness (QED) is 0.556. The summed E-state index contributed by atoms with van der Waals surface area (Å²) in [6.45, 7) is 7.87. The number of Topliss-reactive ketones (excluding diaryl/α,β-unsaturated/α-hetero) is 1. The van der Waals surface area contributed by atoms with E-state index in [4.69, 9.17) is 14.2 Å². The first-order chi connectivity index (χ1) is 12.7. The second kappa shape index (κ2) is 8.25. The molecule has 5 heteroatoms. The zero-order valence-corrected chi connectivity index (χ0v) is 16.7. The maximum Gasteiger partial charge on any atom is 0.346 e. The van der Waals surface area contributed by atoms with Crippen molar-refractivity contribution in [2.24, 2.45) is 0 Å². The van der Waals surface area contributed by atoms with Crippen molar-refractivity contribution in [3.8, 4) is 11.5 Å². The molecular weight excluding hydrogens is 344 g/mol. The largest absolute Gasteiger partial charge is 0.496 e. The van der Waals surface area contributed by atoms with Crippen molar-refractivity contribution in [1.82, 2.24) is 0 Å². The molecule has 0 unspecified atom stereocenters. The van der Waals surface area contributed by atoms with Gasteiger partial charge in [0.15, 0.2) is 6.10 Å². The summed E-state index contributed by atoms with van der Waals surface area (Å²) >= 11 is 0. The fourth-order valence-corrected chi connectivity index (χ4v) is 2.69. The molecule has 0 aliphatic rings. The van der Waals surface area contributed by atoms with Crippen LogP contribution >= 0.6 is 0 Å². The lowest BCUT2D eigenvalue weighted by Gasteiger charge is -2.19. The maximum absolute atomic E-state index is 12.6. The van der Waals surface area contributed by atoms with Gasteiger partial charge in [-0.05, 0) is 30.0 Å². The van der Waals surface area contributed by atoms with E-state index >= 15 is 0 Å². The Morgan fingerprint density at radius 2 is 1.41 bits per heavy atom. The number of rotatable bonds is 6. The SMILES string of the molecule is COc1cccc(OC)c1C(=O)O[C@@H](C)C(=O)c1ccc(C(C)(C)C)cc1. The third-order valence-electron chi connectivity index (χ3n) is 4.32. The van der Waals surface area contributed by atoms with E-state index in [0.29, 0.717) is 17.1 Å². The van der Waals surface area contributed by atoms with Gasteiger partial charge < -0.3 is 14.2 Å². The second-order valence-electron chi connectivity index (χ2n) is 7.28. The smallest absolute Gasteiger partial charge is 0.346 e. The molecule has 0 spiro atoms. The van der Waals surface area contributed by atoms with E-state index in [2.05, 4.69) is 20.8 Å². The van der Waals surface area contributed by atoms with Crippen molar-refractivity contribution in [3.05, 3.63) is 59.2 Å². The van der Waals surface area contributed by atoms with Crippen molar-refractivity contribution in [2.45, 2.75) is 39.2 Å². The van der Waals surface area contributed by atoms with E-state index in [1.54, 1.807) is 37.3 Å². The van der Waals surface area contributed by atoms with Crippen LogP contribution < -0.4 is 9.47 Å². The van der Waals surface area contributed by atoms with Crippen molar-refractivity contribution >= 4 is 11.8 Å².